The highest BCUT2D eigenvalue weighted by molar-refractivity contribution is 9.10. The van der Waals surface area contributed by atoms with Crippen molar-refractivity contribution in [3.05, 3.63) is 27.3 Å². The normalized spacial score (nSPS) is 21.6. The average molecular weight is 334 g/mol. The lowest BCUT2D eigenvalue weighted by Gasteiger charge is -2.10. The Morgan fingerprint density at radius 3 is 2.83 bits per heavy atom. The maximum Gasteiger partial charge on any atom is 0.173 e. The minimum absolute atomic E-state index is 0.109. The molecular formula is C11H16BrN3O2S. The van der Waals surface area contributed by atoms with E-state index in [0.29, 0.717) is 6.54 Å². The molecule has 0 aliphatic carbocycles. The summed E-state index contributed by atoms with van der Waals surface area (Å²) in [5.41, 5.74) is 2.05. The molecule has 100 valence electrons. The summed E-state index contributed by atoms with van der Waals surface area (Å²) in [5, 5.41) is 8.89. The Balaban J connectivity index is 2.04. The molecule has 1 atom stereocenters. The van der Waals surface area contributed by atoms with Gasteiger partial charge >= 0.3 is 0 Å². The van der Waals surface area contributed by atoms with Gasteiger partial charge in [-0.05, 0) is 22.4 Å². The number of hydrogen-bond donors (Lipinski definition) is 1. The van der Waals surface area contributed by atoms with Crippen molar-refractivity contribution in [2.75, 3.05) is 5.75 Å². The lowest BCUT2D eigenvalue weighted by Crippen LogP contribution is -2.30. The second-order valence-electron chi connectivity index (χ2n) is 4.33. The van der Waals surface area contributed by atoms with Gasteiger partial charge in [0, 0.05) is 25.0 Å². The van der Waals surface area contributed by atoms with Crippen LogP contribution in [0.25, 0.3) is 0 Å². The van der Waals surface area contributed by atoms with E-state index in [2.05, 4.69) is 33.3 Å². The molecule has 0 saturated heterocycles. The SMILES string of the molecule is CCc1nn(C)c(CNC2C=CS(=O)(=O)C2)c1Br. The first-order valence-electron chi connectivity index (χ1n) is 5.77. The van der Waals surface area contributed by atoms with Crippen LogP contribution in [0, 0.1) is 0 Å². The summed E-state index contributed by atoms with van der Waals surface area (Å²) in [6.45, 7) is 2.64. The molecule has 1 unspecified atom stereocenters. The molecule has 0 fully saturated rings. The van der Waals surface area contributed by atoms with Gasteiger partial charge in [0.15, 0.2) is 9.84 Å². The largest absolute Gasteiger partial charge is 0.304 e. The van der Waals surface area contributed by atoms with Crippen molar-refractivity contribution in [2.45, 2.75) is 25.9 Å². The van der Waals surface area contributed by atoms with Gasteiger partial charge in [0.05, 0.1) is 21.6 Å². The third-order valence-electron chi connectivity index (χ3n) is 2.96. The zero-order valence-electron chi connectivity index (χ0n) is 10.4. The van der Waals surface area contributed by atoms with Gasteiger partial charge in [-0.15, -0.1) is 0 Å². The molecule has 1 aliphatic heterocycles. The molecule has 1 aliphatic rings. The van der Waals surface area contributed by atoms with Crippen molar-refractivity contribution in [1.82, 2.24) is 15.1 Å². The monoisotopic (exact) mass is 333 g/mol. The van der Waals surface area contributed by atoms with Crippen LogP contribution in [0.3, 0.4) is 0 Å². The quantitative estimate of drug-likeness (QED) is 0.897. The molecule has 0 aromatic carbocycles. The maximum atomic E-state index is 11.3. The molecule has 0 saturated carbocycles. The third kappa shape index (κ3) is 2.84. The first-order valence-corrected chi connectivity index (χ1v) is 8.28. The number of aromatic nitrogens is 2. The molecule has 7 heteroatoms. The standard InChI is InChI=1S/C11H16BrN3O2S/c1-3-9-11(12)10(15(2)14-9)6-13-8-4-5-18(16,17)7-8/h4-5,8,13H,3,6-7H2,1-2H3. The van der Waals surface area contributed by atoms with Gasteiger partial charge in [0.1, 0.15) is 0 Å². The highest BCUT2D eigenvalue weighted by atomic mass is 79.9. The Morgan fingerprint density at radius 1 is 1.61 bits per heavy atom. The molecule has 5 nitrogen and oxygen atoms in total. The maximum absolute atomic E-state index is 11.3. The molecule has 2 rings (SSSR count). The van der Waals surface area contributed by atoms with Crippen molar-refractivity contribution < 1.29 is 8.42 Å². The number of nitrogens with one attached hydrogen (secondary N) is 1. The van der Waals surface area contributed by atoms with Crippen LogP contribution in [0.4, 0.5) is 0 Å². The Morgan fingerprint density at radius 2 is 2.33 bits per heavy atom. The van der Waals surface area contributed by atoms with E-state index in [4.69, 9.17) is 0 Å². The molecule has 18 heavy (non-hydrogen) atoms. The van der Waals surface area contributed by atoms with Crippen molar-refractivity contribution in [3.63, 3.8) is 0 Å². The predicted molar refractivity (Wildman–Crippen MR) is 73.8 cm³/mol. The number of hydrogen-bond acceptors (Lipinski definition) is 4. The molecule has 0 bridgehead atoms. The van der Waals surface area contributed by atoms with E-state index < -0.39 is 9.84 Å². The van der Waals surface area contributed by atoms with Gasteiger partial charge in [-0.25, -0.2) is 8.42 Å². The molecule has 0 radical (unpaired) electrons. The lowest BCUT2D eigenvalue weighted by molar-refractivity contribution is 0.576. The van der Waals surface area contributed by atoms with Crippen molar-refractivity contribution in [1.29, 1.82) is 0 Å². The van der Waals surface area contributed by atoms with Gasteiger partial charge in [-0.3, -0.25) is 4.68 Å². The highest BCUT2D eigenvalue weighted by Crippen LogP contribution is 2.21. The Hall–Kier alpha value is -0.660. The molecule has 0 spiro atoms. The number of halogens is 1. The fraction of sp³-hybridized carbons (Fsp3) is 0.545. The van der Waals surface area contributed by atoms with Crippen LogP contribution in [0.5, 0.6) is 0 Å². The lowest BCUT2D eigenvalue weighted by atomic mass is 10.3. The van der Waals surface area contributed by atoms with Crippen molar-refractivity contribution in [2.24, 2.45) is 7.05 Å². The number of aryl methyl sites for hydroxylation is 2. The Bertz CT molecular complexity index is 577. The van der Waals surface area contributed by atoms with E-state index >= 15 is 0 Å². The summed E-state index contributed by atoms with van der Waals surface area (Å²) in [4.78, 5) is 0. The van der Waals surface area contributed by atoms with Gasteiger partial charge in [-0.2, -0.15) is 5.10 Å². The first kappa shape index (κ1) is 13.8. The van der Waals surface area contributed by atoms with Crippen LogP contribution in [-0.4, -0.2) is 30.0 Å². The summed E-state index contributed by atoms with van der Waals surface area (Å²) >= 11 is 3.53. The Kier molecular flexibility index (Phi) is 3.93. The van der Waals surface area contributed by atoms with Crippen LogP contribution >= 0.6 is 15.9 Å². The highest BCUT2D eigenvalue weighted by Gasteiger charge is 2.22. The molecule has 0 amide bonds. The predicted octanol–water partition coefficient (Wildman–Crippen LogP) is 1.15. The number of nitrogens with zero attached hydrogens (tertiary/aromatic N) is 2. The minimum atomic E-state index is -3.00. The van der Waals surface area contributed by atoms with E-state index in [1.807, 2.05) is 11.7 Å². The molecule has 1 aromatic rings. The van der Waals surface area contributed by atoms with Gasteiger partial charge in [-0.1, -0.05) is 13.0 Å². The van der Waals surface area contributed by atoms with Gasteiger partial charge in [0.25, 0.3) is 0 Å². The van der Waals surface area contributed by atoms with Crippen LogP contribution < -0.4 is 5.32 Å². The topological polar surface area (TPSA) is 64.0 Å². The number of rotatable bonds is 4. The summed E-state index contributed by atoms with van der Waals surface area (Å²) in [6.07, 6.45) is 2.56. The van der Waals surface area contributed by atoms with E-state index in [0.717, 1.165) is 22.3 Å². The van der Waals surface area contributed by atoms with Crippen LogP contribution in [0.2, 0.25) is 0 Å². The summed E-state index contributed by atoms with van der Waals surface area (Å²) in [5.74, 6) is 0.142. The van der Waals surface area contributed by atoms with Crippen LogP contribution in [-0.2, 0) is 29.9 Å². The zero-order chi connectivity index (χ0) is 13.3. The van der Waals surface area contributed by atoms with E-state index in [1.54, 1.807) is 6.08 Å². The summed E-state index contributed by atoms with van der Waals surface area (Å²) < 4.78 is 25.4. The van der Waals surface area contributed by atoms with Gasteiger partial charge < -0.3 is 5.32 Å². The average Bonchev–Trinajstić information content (AvgIpc) is 2.77. The fourth-order valence-corrected chi connectivity index (χ4v) is 3.97. The first-order chi connectivity index (χ1) is 8.43. The molecule has 2 heterocycles. The summed E-state index contributed by atoms with van der Waals surface area (Å²) in [6, 6.07) is -0.109. The zero-order valence-corrected chi connectivity index (χ0v) is 12.8. The summed E-state index contributed by atoms with van der Waals surface area (Å²) in [7, 11) is -1.11. The van der Waals surface area contributed by atoms with Crippen LogP contribution in [0.1, 0.15) is 18.3 Å². The second kappa shape index (κ2) is 5.14. The van der Waals surface area contributed by atoms with E-state index in [1.165, 1.54) is 5.41 Å². The van der Waals surface area contributed by atoms with Crippen molar-refractivity contribution in [3.8, 4) is 0 Å². The molecule has 1 aromatic heterocycles. The smallest absolute Gasteiger partial charge is 0.173 e. The molecular weight excluding hydrogens is 318 g/mol. The van der Waals surface area contributed by atoms with Crippen LogP contribution in [0.15, 0.2) is 16.0 Å². The molecule has 1 N–H and O–H groups in total. The van der Waals surface area contributed by atoms with E-state index in [9.17, 15) is 8.42 Å². The Labute approximate surface area is 115 Å². The third-order valence-corrected chi connectivity index (χ3v) is 5.28. The minimum Gasteiger partial charge on any atom is -0.304 e. The van der Waals surface area contributed by atoms with Gasteiger partial charge in [0.2, 0.25) is 0 Å². The van der Waals surface area contributed by atoms with Crippen molar-refractivity contribution >= 4 is 25.8 Å². The fourth-order valence-electron chi connectivity index (χ4n) is 1.94. The second-order valence-corrected chi connectivity index (χ2v) is 7.05. The number of sulfone groups is 1. The van der Waals surface area contributed by atoms with E-state index in [-0.39, 0.29) is 11.8 Å².